The summed E-state index contributed by atoms with van der Waals surface area (Å²) in [6, 6.07) is 44.8. The molecule has 0 bridgehead atoms. The van der Waals surface area contributed by atoms with Crippen LogP contribution in [0.15, 0.2) is 140 Å². The van der Waals surface area contributed by atoms with E-state index in [0.717, 1.165) is 38.9 Å². The van der Waals surface area contributed by atoms with E-state index in [2.05, 4.69) is 24.3 Å². The van der Waals surface area contributed by atoms with Gasteiger partial charge in [0.25, 0.3) is 0 Å². The highest BCUT2D eigenvalue weighted by Gasteiger charge is 2.44. The third kappa shape index (κ3) is 5.62. The molecule has 5 aromatic rings. The molecule has 226 valence electrons. The van der Waals surface area contributed by atoms with Crippen LogP contribution in [0.5, 0.6) is 0 Å². The number of rotatable bonds is 9. The largest absolute Gasteiger partial charge is 0.448 e. The van der Waals surface area contributed by atoms with Crippen molar-refractivity contribution in [2.24, 2.45) is 5.92 Å². The van der Waals surface area contributed by atoms with Crippen LogP contribution in [-0.4, -0.2) is 36.7 Å². The Bertz CT molecular complexity index is 1630. The van der Waals surface area contributed by atoms with E-state index >= 15 is 0 Å². The first kappa shape index (κ1) is 29.9. The maximum Gasteiger partial charge on any atom is 0.410 e. The van der Waals surface area contributed by atoms with E-state index in [1.54, 1.807) is 7.05 Å². The van der Waals surface area contributed by atoms with Crippen molar-refractivity contribution in [1.29, 1.82) is 0 Å². The molecule has 0 heterocycles. The zero-order valence-electron chi connectivity index (χ0n) is 25.8. The molecule has 0 saturated heterocycles. The van der Waals surface area contributed by atoms with E-state index in [4.69, 9.17) is 9.47 Å². The van der Waals surface area contributed by atoms with E-state index in [1.165, 1.54) is 4.90 Å². The van der Waals surface area contributed by atoms with Gasteiger partial charge in [-0.05, 0) is 28.2 Å². The first-order valence-corrected chi connectivity index (χ1v) is 15.4. The van der Waals surface area contributed by atoms with E-state index in [1.807, 2.05) is 129 Å². The van der Waals surface area contributed by atoms with E-state index < -0.39 is 23.7 Å². The highest BCUT2D eigenvalue weighted by molar-refractivity contribution is 5.83. The number of esters is 1. The SMILES string of the molecule is CC(C)[C@@H](C(=O)OC(c1ccccc1)(c1ccccc1)c1ccccc1)N(C)C(=O)OCC1c2ccccc2-c2ccccc21. The van der Waals surface area contributed by atoms with Crippen LogP contribution in [0, 0.1) is 5.92 Å². The van der Waals surface area contributed by atoms with Crippen molar-refractivity contribution >= 4 is 12.1 Å². The number of carbonyl (C=O) groups is 2. The predicted octanol–water partition coefficient (Wildman–Crippen LogP) is 8.43. The molecule has 1 atom stereocenters. The van der Waals surface area contributed by atoms with Gasteiger partial charge in [-0.2, -0.15) is 0 Å². The fraction of sp³-hybridized carbons (Fsp3) is 0.200. The Labute approximate surface area is 265 Å². The smallest absolute Gasteiger partial charge is 0.410 e. The number of nitrogens with zero attached hydrogens (tertiary/aromatic N) is 1. The molecule has 1 aliphatic rings. The lowest BCUT2D eigenvalue weighted by Gasteiger charge is -2.38. The lowest BCUT2D eigenvalue weighted by molar-refractivity contribution is -0.160. The molecule has 0 N–H and O–H groups in total. The monoisotopic (exact) mass is 595 g/mol. The standard InChI is InChI=1S/C40H37NO4/c1-28(2)37(41(3)39(43)44-27-36-34-25-15-13-23-32(34)33-24-14-16-26-35(33)36)38(42)45-40(29-17-7-4-8-18-29,30-19-9-5-10-20-30)31-21-11-6-12-22-31/h4-26,28,36-37H,27H2,1-3H3/t37-/m0/s1. The zero-order chi connectivity index (χ0) is 31.4. The van der Waals surface area contributed by atoms with Crippen LogP contribution in [0.3, 0.4) is 0 Å². The second-order valence-corrected chi connectivity index (χ2v) is 11.8. The van der Waals surface area contributed by atoms with Gasteiger partial charge in [-0.25, -0.2) is 9.59 Å². The quantitative estimate of drug-likeness (QED) is 0.127. The van der Waals surface area contributed by atoms with Gasteiger partial charge in [0.2, 0.25) is 0 Å². The van der Waals surface area contributed by atoms with Gasteiger partial charge >= 0.3 is 12.1 Å². The number of likely N-dealkylation sites (N-methyl/N-ethyl adjacent to an activating group) is 1. The summed E-state index contributed by atoms with van der Waals surface area (Å²) in [5.41, 5.74) is 5.76. The van der Waals surface area contributed by atoms with Gasteiger partial charge in [-0.1, -0.05) is 153 Å². The summed E-state index contributed by atoms with van der Waals surface area (Å²) in [4.78, 5) is 29.4. The van der Waals surface area contributed by atoms with Crippen molar-refractivity contribution in [3.8, 4) is 11.1 Å². The Hall–Kier alpha value is -5.16. The number of hydrogen-bond donors (Lipinski definition) is 0. The Morgan fingerprint density at radius 3 is 1.47 bits per heavy atom. The van der Waals surface area contributed by atoms with Crippen molar-refractivity contribution in [2.75, 3.05) is 13.7 Å². The highest BCUT2D eigenvalue weighted by Crippen LogP contribution is 2.45. The molecule has 0 spiro atoms. The van der Waals surface area contributed by atoms with Gasteiger partial charge in [-0.15, -0.1) is 0 Å². The molecule has 0 fully saturated rings. The maximum atomic E-state index is 14.4. The summed E-state index contributed by atoms with van der Waals surface area (Å²) in [5, 5.41) is 0. The Kier molecular flexibility index (Phi) is 8.52. The summed E-state index contributed by atoms with van der Waals surface area (Å²) >= 11 is 0. The predicted molar refractivity (Wildman–Crippen MR) is 177 cm³/mol. The number of amides is 1. The van der Waals surface area contributed by atoms with Gasteiger partial charge in [0.1, 0.15) is 12.6 Å². The summed E-state index contributed by atoms with van der Waals surface area (Å²) in [6.07, 6.45) is -0.572. The minimum absolute atomic E-state index is 0.0823. The number of benzene rings is 5. The molecule has 5 aromatic carbocycles. The fourth-order valence-electron chi connectivity index (χ4n) is 6.59. The van der Waals surface area contributed by atoms with Gasteiger partial charge < -0.3 is 9.47 Å². The van der Waals surface area contributed by atoms with E-state index in [9.17, 15) is 9.59 Å². The van der Waals surface area contributed by atoms with Crippen molar-refractivity contribution < 1.29 is 19.1 Å². The van der Waals surface area contributed by atoms with Crippen LogP contribution in [-0.2, 0) is 19.9 Å². The minimum atomic E-state index is -1.24. The van der Waals surface area contributed by atoms with Crippen LogP contribution in [0.25, 0.3) is 11.1 Å². The topological polar surface area (TPSA) is 55.8 Å². The zero-order valence-corrected chi connectivity index (χ0v) is 25.8. The van der Waals surface area contributed by atoms with E-state index in [-0.39, 0.29) is 18.4 Å². The highest BCUT2D eigenvalue weighted by atomic mass is 16.6. The van der Waals surface area contributed by atoms with Crippen molar-refractivity contribution in [3.63, 3.8) is 0 Å². The molecule has 0 unspecified atom stereocenters. The normalized spacial score (nSPS) is 13.1. The summed E-state index contributed by atoms with van der Waals surface area (Å²) in [7, 11) is 1.61. The molecule has 6 rings (SSSR count). The number of hydrogen-bond acceptors (Lipinski definition) is 4. The summed E-state index contributed by atoms with van der Waals surface area (Å²) in [5.74, 6) is -0.846. The molecule has 0 aromatic heterocycles. The third-order valence-electron chi connectivity index (χ3n) is 8.71. The lowest BCUT2D eigenvalue weighted by atomic mass is 9.80. The number of fused-ring (bicyclic) bond motifs is 3. The van der Waals surface area contributed by atoms with Crippen molar-refractivity contribution in [2.45, 2.75) is 31.4 Å². The second-order valence-electron chi connectivity index (χ2n) is 11.8. The average molecular weight is 596 g/mol. The molecule has 0 radical (unpaired) electrons. The molecule has 45 heavy (non-hydrogen) atoms. The minimum Gasteiger partial charge on any atom is -0.448 e. The summed E-state index contributed by atoms with van der Waals surface area (Å²) < 4.78 is 12.6. The van der Waals surface area contributed by atoms with Crippen LogP contribution < -0.4 is 0 Å². The third-order valence-corrected chi connectivity index (χ3v) is 8.71. The lowest BCUT2D eigenvalue weighted by Crippen LogP contribution is -2.49. The van der Waals surface area contributed by atoms with Crippen LogP contribution in [0.1, 0.15) is 47.6 Å². The van der Waals surface area contributed by atoms with Crippen molar-refractivity contribution in [1.82, 2.24) is 4.90 Å². The van der Waals surface area contributed by atoms with Gasteiger partial charge in [-0.3, -0.25) is 4.90 Å². The Balaban J connectivity index is 1.29. The number of ether oxygens (including phenoxy) is 2. The molecular weight excluding hydrogens is 558 g/mol. The van der Waals surface area contributed by atoms with Crippen LogP contribution in [0.2, 0.25) is 0 Å². The summed E-state index contributed by atoms with van der Waals surface area (Å²) in [6.45, 7) is 3.99. The molecule has 0 aliphatic heterocycles. The average Bonchev–Trinajstić information content (AvgIpc) is 3.40. The molecular formula is C40H37NO4. The second kappa shape index (κ2) is 12.8. The van der Waals surface area contributed by atoms with Crippen LogP contribution in [0.4, 0.5) is 4.79 Å². The molecule has 0 saturated carbocycles. The Morgan fingerprint density at radius 1 is 0.644 bits per heavy atom. The Morgan fingerprint density at radius 2 is 1.04 bits per heavy atom. The first-order chi connectivity index (χ1) is 21.9. The van der Waals surface area contributed by atoms with Gasteiger partial charge in [0, 0.05) is 29.7 Å². The first-order valence-electron chi connectivity index (χ1n) is 15.4. The van der Waals surface area contributed by atoms with E-state index in [0.29, 0.717) is 0 Å². The van der Waals surface area contributed by atoms with Crippen LogP contribution >= 0.6 is 0 Å². The maximum absolute atomic E-state index is 14.4. The van der Waals surface area contributed by atoms with Crippen molar-refractivity contribution in [3.05, 3.63) is 167 Å². The van der Waals surface area contributed by atoms with Gasteiger partial charge in [0.15, 0.2) is 5.60 Å². The fourth-order valence-corrected chi connectivity index (χ4v) is 6.59. The molecule has 1 aliphatic carbocycles. The number of carbonyl (C=O) groups excluding carboxylic acids is 2. The molecule has 1 amide bonds. The molecule has 5 nitrogen and oxygen atoms in total. The molecule has 5 heteroatoms. The van der Waals surface area contributed by atoms with Gasteiger partial charge in [0.05, 0.1) is 0 Å².